The first-order valence-electron chi connectivity index (χ1n) is 8.29. The van der Waals surface area contributed by atoms with Crippen molar-refractivity contribution in [3.8, 4) is 0 Å². The van der Waals surface area contributed by atoms with E-state index in [-0.39, 0.29) is 28.1 Å². The maximum atomic E-state index is 13.7. The number of rotatable bonds is 4. The molecule has 0 atom stereocenters. The lowest BCUT2D eigenvalue weighted by Crippen LogP contribution is -2.42. The first-order chi connectivity index (χ1) is 12.4. The van der Waals surface area contributed by atoms with Gasteiger partial charge in [0.25, 0.3) is 15.9 Å². The van der Waals surface area contributed by atoms with Crippen molar-refractivity contribution in [2.75, 3.05) is 17.8 Å². The van der Waals surface area contributed by atoms with Crippen LogP contribution in [0.25, 0.3) is 0 Å². The molecule has 0 unspecified atom stereocenters. The smallest absolute Gasteiger partial charge is 0.262 e. The fraction of sp³-hybridized carbons (Fsp3) is 0.278. The Labute approximate surface area is 151 Å². The van der Waals surface area contributed by atoms with E-state index in [1.807, 2.05) is 0 Å². The van der Waals surface area contributed by atoms with Gasteiger partial charge in [-0.3, -0.25) is 9.52 Å². The van der Waals surface area contributed by atoms with Crippen LogP contribution in [0.3, 0.4) is 0 Å². The summed E-state index contributed by atoms with van der Waals surface area (Å²) >= 11 is 0. The minimum atomic E-state index is -4.01. The zero-order valence-electron chi connectivity index (χ0n) is 14.1. The number of benzene rings is 2. The van der Waals surface area contributed by atoms with Crippen LogP contribution >= 0.6 is 0 Å². The van der Waals surface area contributed by atoms with Crippen LogP contribution in [-0.2, 0) is 10.0 Å². The van der Waals surface area contributed by atoms with E-state index in [4.69, 9.17) is 5.73 Å². The van der Waals surface area contributed by atoms with Crippen LogP contribution in [0.1, 0.15) is 23.2 Å². The first-order valence-corrected chi connectivity index (χ1v) is 9.77. The van der Waals surface area contributed by atoms with E-state index in [1.165, 1.54) is 42.5 Å². The quantitative estimate of drug-likeness (QED) is 0.854. The van der Waals surface area contributed by atoms with Crippen LogP contribution in [0.2, 0.25) is 0 Å². The highest BCUT2D eigenvalue weighted by atomic mass is 32.2. The van der Waals surface area contributed by atoms with E-state index >= 15 is 0 Å². The molecule has 0 spiro atoms. The maximum absolute atomic E-state index is 13.7. The largest absolute Gasteiger partial charge is 0.339 e. The molecule has 138 valence electrons. The number of nitrogens with two attached hydrogens (primary N) is 1. The van der Waals surface area contributed by atoms with Gasteiger partial charge in [-0.15, -0.1) is 0 Å². The van der Waals surface area contributed by atoms with Gasteiger partial charge in [0.1, 0.15) is 5.82 Å². The van der Waals surface area contributed by atoms with Gasteiger partial charge < -0.3 is 10.6 Å². The second-order valence-corrected chi connectivity index (χ2v) is 7.93. The van der Waals surface area contributed by atoms with Gasteiger partial charge >= 0.3 is 0 Å². The van der Waals surface area contributed by atoms with Gasteiger partial charge in [-0.25, -0.2) is 12.8 Å². The number of hydrogen-bond donors (Lipinski definition) is 2. The number of sulfonamides is 1. The second kappa shape index (κ2) is 7.43. The van der Waals surface area contributed by atoms with Crippen molar-refractivity contribution in [3.63, 3.8) is 0 Å². The lowest BCUT2D eigenvalue weighted by molar-refractivity contribution is 0.0714. The van der Waals surface area contributed by atoms with E-state index in [0.29, 0.717) is 13.1 Å². The molecule has 0 aliphatic carbocycles. The number of nitrogens with zero attached hydrogens (tertiary/aromatic N) is 1. The highest BCUT2D eigenvalue weighted by Crippen LogP contribution is 2.21. The van der Waals surface area contributed by atoms with Crippen LogP contribution in [0.4, 0.5) is 10.1 Å². The molecular formula is C18H20FN3O3S. The van der Waals surface area contributed by atoms with Crippen LogP contribution in [0, 0.1) is 5.82 Å². The zero-order chi connectivity index (χ0) is 18.7. The van der Waals surface area contributed by atoms with Crippen molar-refractivity contribution < 1.29 is 17.6 Å². The third kappa shape index (κ3) is 4.03. The summed E-state index contributed by atoms with van der Waals surface area (Å²) < 4.78 is 41.0. The Morgan fingerprint density at radius 2 is 1.81 bits per heavy atom. The summed E-state index contributed by atoms with van der Waals surface area (Å²) in [7, 11) is -4.01. The molecule has 0 bridgehead atoms. The molecule has 3 rings (SSSR count). The molecule has 8 heteroatoms. The first kappa shape index (κ1) is 18.3. The number of hydrogen-bond acceptors (Lipinski definition) is 4. The number of anilines is 1. The Morgan fingerprint density at radius 3 is 2.50 bits per heavy atom. The van der Waals surface area contributed by atoms with Gasteiger partial charge in [0.05, 0.1) is 10.6 Å². The lowest BCUT2D eigenvalue weighted by Gasteiger charge is -2.30. The highest BCUT2D eigenvalue weighted by Gasteiger charge is 2.23. The van der Waals surface area contributed by atoms with Crippen molar-refractivity contribution in [1.82, 2.24) is 4.90 Å². The molecule has 1 aliphatic rings. The average Bonchev–Trinajstić information content (AvgIpc) is 2.64. The number of likely N-dealkylation sites (tertiary alicyclic amines) is 1. The topological polar surface area (TPSA) is 92.5 Å². The minimum Gasteiger partial charge on any atom is -0.339 e. The van der Waals surface area contributed by atoms with E-state index < -0.39 is 15.8 Å². The second-order valence-electron chi connectivity index (χ2n) is 6.24. The molecular weight excluding hydrogens is 357 g/mol. The normalized spacial score (nSPS) is 15.7. The predicted octanol–water partition coefficient (Wildman–Crippen LogP) is 2.19. The number of piperidine rings is 1. The molecule has 1 heterocycles. The lowest BCUT2D eigenvalue weighted by atomic mass is 10.0. The third-order valence-electron chi connectivity index (χ3n) is 4.34. The summed E-state index contributed by atoms with van der Waals surface area (Å²) in [6.07, 6.45) is 1.44. The van der Waals surface area contributed by atoms with Crippen LogP contribution in [0.15, 0.2) is 53.4 Å². The molecule has 2 aromatic rings. The van der Waals surface area contributed by atoms with Crippen molar-refractivity contribution in [1.29, 1.82) is 0 Å². The summed E-state index contributed by atoms with van der Waals surface area (Å²) in [5, 5.41) is 0. The molecule has 6 nitrogen and oxygen atoms in total. The monoisotopic (exact) mass is 377 g/mol. The van der Waals surface area contributed by atoms with Crippen molar-refractivity contribution in [3.05, 3.63) is 59.9 Å². The van der Waals surface area contributed by atoms with Gasteiger partial charge in [-0.2, -0.15) is 0 Å². The summed E-state index contributed by atoms with van der Waals surface area (Å²) in [5.74, 6) is -0.909. The number of carbonyl (C=O) groups is 1. The molecule has 0 saturated carbocycles. The zero-order valence-corrected chi connectivity index (χ0v) is 14.9. The van der Waals surface area contributed by atoms with Crippen LogP contribution < -0.4 is 10.5 Å². The standard InChI is InChI=1S/C18H20FN3O3S/c19-16-6-1-2-7-17(16)21-26(24,25)15-5-3-4-13(12-15)18(23)22-10-8-14(20)9-11-22/h1-7,12,14,21H,8-11,20H2. The Kier molecular flexibility index (Phi) is 5.24. The molecule has 1 saturated heterocycles. The van der Waals surface area contributed by atoms with Crippen LogP contribution in [-0.4, -0.2) is 38.4 Å². The van der Waals surface area contributed by atoms with Gasteiger partial charge in [-0.1, -0.05) is 18.2 Å². The van der Waals surface area contributed by atoms with Crippen molar-refractivity contribution >= 4 is 21.6 Å². The van der Waals surface area contributed by atoms with Crippen molar-refractivity contribution in [2.45, 2.75) is 23.8 Å². The van der Waals surface area contributed by atoms with Gasteiger partial charge in [-0.05, 0) is 43.2 Å². The fourth-order valence-corrected chi connectivity index (χ4v) is 3.94. The van der Waals surface area contributed by atoms with Gasteiger partial charge in [0.15, 0.2) is 0 Å². The highest BCUT2D eigenvalue weighted by molar-refractivity contribution is 7.92. The number of para-hydroxylation sites is 1. The number of halogens is 1. The number of carbonyl (C=O) groups excluding carboxylic acids is 1. The third-order valence-corrected chi connectivity index (χ3v) is 5.70. The van der Waals surface area contributed by atoms with Gasteiger partial charge in [0, 0.05) is 24.7 Å². The molecule has 1 fully saturated rings. The van der Waals surface area contributed by atoms with E-state index in [9.17, 15) is 17.6 Å². The SMILES string of the molecule is NC1CCN(C(=O)c2cccc(S(=O)(=O)Nc3ccccc3F)c2)CC1. The Balaban J connectivity index is 1.82. The maximum Gasteiger partial charge on any atom is 0.262 e. The fourth-order valence-electron chi connectivity index (χ4n) is 2.83. The predicted molar refractivity (Wildman–Crippen MR) is 96.8 cm³/mol. The summed E-state index contributed by atoms with van der Waals surface area (Å²) in [5.41, 5.74) is 5.98. The Morgan fingerprint density at radius 1 is 1.12 bits per heavy atom. The molecule has 3 N–H and O–H groups in total. The summed E-state index contributed by atoms with van der Waals surface area (Å²) in [6, 6.07) is 11.3. The van der Waals surface area contributed by atoms with E-state index in [1.54, 1.807) is 11.0 Å². The molecule has 0 aromatic heterocycles. The van der Waals surface area contributed by atoms with E-state index in [0.717, 1.165) is 12.8 Å². The van der Waals surface area contributed by atoms with Gasteiger partial charge in [0.2, 0.25) is 0 Å². The average molecular weight is 377 g/mol. The summed E-state index contributed by atoms with van der Waals surface area (Å²) in [6.45, 7) is 1.09. The van der Waals surface area contributed by atoms with Crippen molar-refractivity contribution in [2.24, 2.45) is 5.73 Å². The van der Waals surface area contributed by atoms with Crippen LogP contribution in [0.5, 0.6) is 0 Å². The number of amides is 1. The molecule has 2 aromatic carbocycles. The molecule has 0 radical (unpaired) electrons. The number of nitrogens with one attached hydrogen (secondary N) is 1. The summed E-state index contributed by atoms with van der Waals surface area (Å²) in [4.78, 5) is 14.2. The van der Waals surface area contributed by atoms with E-state index in [2.05, 4.69) is 4.72 Å². The minimum absolute atomic E-state index is 0.0933. The molecule has 26 heavy (non-hydrogen) atoms. The molecule has 1 amide bonds. The Hall–Kier alpha value is -2.45. The molecule has 1 aliphatic heterocycles. The Bertz CT molecular complexity index is 909.